The Kier molecular flexibility index (Phi) is 6.04. The first-order chi connectivity index (χ1) is 14.1. The smallest absolute Gasteiger partial charge is 0.280 e. The zero-order valence-electron chi connectivity index (χ0n) is 17.2. The third-order valence-corrected chi connectivity index (χ3v) is 7.35. The second-order valence-electron chi connectivity index (χ2n) is 8.13. The van der Waals surface area contributed by atoms with Crippen LogP contribution in [0, 0.1) is 25.2 Å². The maximum absolute atomic E-state index is 13.0. The molecular formula is C22H29N4O2S+. The molecule has 2 aliphatic heterocycles. The molecule has 2 aromatic heterocycles. The number of ether oxygens (including phenoxy) is 1. The van der Waals surface area contributed by atoms with Crippen LogP contribution in [0.2, 0.25) is 0 Å². The molecule has 0 saturated carbocycles. The molecule has 2 N–H and O–H groups in total. The molecule has 1 amide bonds. The molecule has 2 fully saturated rings. The van der Waals surface area contributed by atoms with Gasteiger partial charge in [-0.25, -0.2) is 0 Å². The van der Waals surface area contributed by atoms with Gasteiger partial charge in [-0.15, -0.1) is 11.3 Å². The second kappa shape index (κ2) is 8.70. The maximum Gasteiger partial charge on any atom is 0.280 e. The lowest BCUT2D eigenvalue weighted by Crippen LogP contribution is -3.11. The van der Waals surface area contributed by atoms with Crippen molar-refractivity contribution in [2.45, 2.75) is 58.2 Å². The Balaban J connectivity index is 1.51. The van der Waals surface area contributed by atoms with E-state index < -0.39 is 0 Å². The molecular weight excluding hydrogens is 384 g/mol. The van der Waals surface area contributed by atoms with Crippen LogP contribution in [0.25, 0.3) is 0 Å². The zero-order chi connectivity index (χ0) is 20.4. The van der Waals surface area contributed by atoms with Gasteiger partial charge in [0.05, 0.1) is 29.6 Å². The first kappa shape index (κ1) is 20.1. The van der Waals surface area contributed by atoms with Crippen LogP contribution in [0.15, 0.2) is 17.5 Å². The number of aromatic nitrogens is 1. The molecule has 0 spiro atoms. The molecule has 2 aliphatic rings. The van der Waals surface area contributed by atoms with Crippen molar-refractivity contribution in [1.82, 2.24) is 4.57 Å². The highest BCUT2D eigenvalue weighted by Gasteiger charge is 2.33. The summed E-state index contributed by atoms with van der Waals surface area (Å²) in [6.45, 7) is 6.87. The van der Waals surface area contributed by atoms with Gasteiger partial charge in [0.1, 0.15) is 17.9 Å². The number of nitrogens with zero attached hydrogens (tertiary/aromatic N) is 2. The topological polar surface area (TPSA) is 71.5 Å². The van der Waals surface area contributed by atoms with Gasteiger partial charge >= 0.3 is 0 Å². The lowest BCUT2D eigenvalue weighted by molar-refractivity contribution is -0.910. The van der Waals surface area contributed by atoms with Gasteiger partial charge in [0, 0.05) is 25.1 Å². The highest BCUT2D eigenvalue weighted by molar-refractivity contribution is 7.10. The average Bonchev–Trinajstić information content (AvgIpc) is 3.48. The van der Waals surface area contributed by atoms with Crippen LogP contribution in [-0.4, -0.2) is 36.3 Å². The minimum Gasteiger partial charge on any atom is -0.376 e. The summed E-state index contributed by atoms with van der Waals surface area (Å²) in [5, 5.41) is 14.9. The van der Waals surface area contributed by atoms with Gasteiger partial charge in [-0.2, -0.15) is 5.26 Å². The number of anilines is 1. The largest absolute Gasteiger partial charge is 0.376 e. The molecule has 0 bridgehead atoms. The summed E-state index contributed by atoms with van der Waals surface area (Å²) in [5.74, 6) is 0.611. The normalized spacial score (nSPS) is 24.0. The molecule has 0 aromatic carbocycles. The molecule has 154 valence electrons. The Morgan fingerprint density at radius 1 is 1.41 bits per heavy atom. The fraction of sp³-hybridized carbons (Fsp3) is 0.545. The lowest BCUT2D eigenvalue weighted by Gasteiger charge is -2.21. The number of rotatable bonds is 6. The zero-order valence-corrected chi connectivity index (χ0v) is 18.0. The second-order valence-corrected chi connectivity index (χ2v) is 9.11. The number of nitriles is 1. The predicted octanol–water partition coefficient (Wildman–Crippen LogP) is 2.58. The first-order valence-corrected chi connectivity index (χ1v) is 11.4. The van der Waals surface area contributed by atoms with Crippen molar-refractivity contribution in [1.29, 1.82) is 5.26 Å². The van der Waals surface area contributed by atoms with E-state index in [0.29, 0.717) is 30.5 Å². The Hall–Kier alpha value is -2.14. The number of carbonyl (C=O) groups is 1. The molecule has 4 heterocycles. The number of hydrogen-bond acceptors (Lipinski definition) is 4. The summed E-state index contributed by atoms with van der Waals surface area (Å²) in [5.41, 5.74) is 2.53. The molecule has 4 rings (SSSR count). The van der Waals surface area contributed by atoms with E-state index in [9.17, 15) is 10.1 Å². The van der Waals surface area contributed by atoms with Gasteiger partial charge in [0.2, 0.25) is 0 Å². The monoisotopic (exact) mass is 413 g/mol. The maximum atomic E-state index is 13.0. The van der Waals surface area contributed by atoms with Gasteiger partial charge in [-0.05, 0) is 43.7 Å². The number of likely N-dealkylation sites (tertiary alicyclic amines) is 1. The SMILES string of the molecule is Cc1c(C#N)c(NC(=O)C[NH+]2CCC[C@@H]2c2cccs2)n(C[C@@H]2CCCO2)c1C. The third kappa shape index (κ3) is 4.11. The van der Waals surface area contributed by atoms with Crippen LogP contribution in [0.5, 0.6) is 0 Å². The average molecular weight is 414 g/mol. The van der Waals surface area contributed by atoms with Crippen LogP contribution >= 0.6 is 11.3 Å². The van der Waals surface area contributed by atoms with E-state index in [0.717, 1.165) is 50.1 Å². The number of hydrogen-bond donors (Lipinski definition) is 2. The quantitative estimate of drug-likeness (QED) is 0.765. The molecule has 3 atom stereocenters. The standard InChI is InChI=1S/C22H28N4O2S/c1-15-16(2)26(13-17-6-4-10-28-17)22(18(15)12-23)24-21(27)14-25-9-3-7-19(25)20-8-5-11-29-20/h5,8,11,17,19H,3-4,6-7,9-10,13-14H2,1-2H3,(H,24,27)/p+1/t17-,19+/m0/s1. The molecule has 6 nitrogen and oxygen atoms in total. The van der Waals surface area contributed by atoms with Crippen LogP contribution in [0.4, 0.5) is 5.82 Å². The van der Waals surface area contributed by atoms with E-state index in [-0.39, 0.29) is 12.0 Å². The van der Waals surface area contributed by atoms with Crippen molar-refractivity contribution in [2.24, 2.45) is 0 Å². The summed E-state index contributed by atoms with van der Waals surface area (Å²) in [4.78, 5) is 15.7. The minimum atomic E-state index is -0.0222. The van der Waals surface area contributed by atoms with E-state index in [4.69, 9.17) is 4.74 Å². The van der Waals surface area contributed by atoms with Crippen molar-refractivity contribution >= 4 is 23.1 Å². The summed E-state index contributed by atoms with van der Waals surface area (Å²) >= 11 is 1.77. The third-order valence-electron chi connectivity index (χ3n) is 6.37. The predicted molar refractivity (Wildman–Crippen MR) is 113 cm³/mol. The number of carbonyl (C=O) groups excluding carboxylic acids is 1. The minimum absolute atomic E-state index is 0.0222. The fourth-order valence-electron chi connectivity index (χ4n) is 4.69. The van der Waals surface area contributed by atoms with Gasteiger partial charge < -0.3 is 19.5 Å². The van der Waals surface area contributed by atoms with Gasteiger partial charge in [0.15, 0.2) is 6.54 Å². The Morgan fingerprint density at radius 3 is 2.97 bits per heavy atom. The lowest BCUT2D eigenvalue weighted by atomic mass is 10.2. The fourth-order valence-corrected chi connectivity index (χ4v) is 5.61. The molecule has 1 unspecified atom stereocenters. The van der Waals surface area contributed by atoms with Gasteiger partial charge in [0.25, 0.3) is 5.91 Å². The number of amides is 1. The molecule has 29 heavy (non-hydrogen) atoms. The first-order valence-electron chi connectivity index (χ1n) is 10.5. The van der Waals surface area contributed by atoms with Crippen LogP contribution in [0.3, 0.4) is 0 Å². The molecule has 2 saturated heterocycles. The van der Waals surface area contributed by atoms with E-state index in [2.05, 4.69) is 33.5 Å². The van der Waals surface area contributed by atoms with Crippen molar-refractivity contribution in [3.63, 3.8) is 0 Å². The van der Waals surface area contributed by atoms with Gasteiger partial charge in [-0.3, -0.25) is 4.79 Å². The highest BCUT2D eigenvalue weighted by Crippen LogP contribution is 2.28. The number of quaternary nitrogens is 1. The molecule has 0 radical (unpaired) electrons. The van der Waals surface area contributed by atoms with Crippen LogP contribution < -0.4 is 10.2 Å². The molecule has 0 aliphatic carbocycles. The van der Waals surface area contributed by atoms with E-state index in [1.807, 2.05) is 13.8 Å². The van der Waals surface area contributed by atoms with Crippen LogP contribution in [0.1, 0.15) is 53.4 Å². The van der Waals surface area contributed by atoms with Crippen LogP contribution in [-0.2, 0) is 16.1 Å². The molecule has 7 heteroatoms. The molecule has 2 aromatic rings. The number of nitrogens with one attached hydrogen (secondary N) is 2. The van der Waals surface area contributed by atoms with Gasteiger partial charge in [-0.1, -0.05) is 6.07 Å². The van der Waals surface area contributed by atoms with Crippen molar-refractivity contribution in [2.75, 3.05) is 25.0 Å². The Bertz CT molecular complexity index is 906. The van der Waals surface area contributed by atoms with Crippen molar-refractivity contribution < 1.29 is 14.4 Å². The summed E-state index contributed by atoms with van der Waals surface area (Å²) in [6, 6.07) is 6.95. The summed E-state index contributed by atoms with van der Waals surface area (Å²) in [6.07, 6.45) is 4.50. The van der Waals surface area contributed by atoms with E-state index in [1.54, 1.807) is 11.3 Å². The van der Waals surface area contributed by atoms with E-state index in [1.165, 1.54) is 9.78 Å². The summed E-state index contributed by atoms with van der Waals surface area (Å²) < 4.78 is 7.87. The Labute approximate surface area is 176 Å². The van der Waals surface area contributed by atoms with Crippen molar-refractivity contribution in [3.8, 4) is 6.07 Å². The summed E-state index contributed by atoms with van der Waals surface area (Å²) in [7, 11) is 0. The van der Waals surface area contributed by atoms with Crippen molar-refractivity contribution in [3.05, 3.63) is 39.2 Å². The highest BCUT2D eigenvalue weighted by atomic mass is 32.1. The Morgan fingerprint density at radius 2 is 2.28 bits per heavy atom. The number of thiophene rings is 1. The van der Waals surface area contributed by atoms with E-state index >= 15 is 0 Å².